The molecule has 3 rings (SSSR count). The second kappa shape index (κ2) is 5.54. The summed E-state index contributed by atoms with van der Waals surface area (Å²) in [5.74, 6) is 0.0109. The maximum Gasteiger partial charge on any atom is 0.162 e. The Morgan fingerprint density at radius 1 is 1.10 bits per heavy atom. The number of benzene rings is 2. The van der Waals surface area contributed by atoms with Gasteiger partial charge < -0.3 is 0 Å². The Morgan fingerprint density at radius 3 is 2.48 bits per heavy atom. The first-order valence-electron chi connectivity index (χ1n) is 6.55. The summed E-state index contributed by atoms with van der Waals surface area (Å²) < 4.78 is 1.69. The molecule has 0 aliphatic heterocycles. The number of carbonyl (C=O) groups excluding carboxylic acids is 1. The Kier molecular flexibility index (Phi) is 3.59. The fourth-order valence-corrected chi connectivity index (χ4v) is 2.31. The Labute approximate surface area is 127 Å². The second-order valence-electron chi connectivity index (χ2n) is 4.79. The van der Waals surface area contributed by atoms with Gasteiger partial charge in [-0.2, -0.15) is 5.10 Å². The van der Waals surface area contributed by atoms with E-state index in [9.17, 15) is 4.79 Å². The van der Waals surface area contributed by atoms with Crippen molar-refractivity contribution in [3.05, 3.63) is 71.5 Å². The summed E-state index contributed by atoms with van der Waals surface area (Å²) in [4.78, 5) is 11.3. The van der Waals surface area contributed by atoms with E-state index in [0.717, 1.165) is 21.8 Å². The minimum atomic E-state index is 0.0109. The van der Waals surface area contributed by atoms with Crippen molar-refractivity contribution in [2.75, 3.05) is 0 Å². The summed E-state index contributed by atoms with van der Waals surface area (Å²) in [7, 11) is 0. The van der Waals surface area contributed by atoms with Gasteiger partial charge in [-0.25, -0.2) is 4.68 Å². The molecule has 1 heterocycles. The van der Waals surface area contributed by atoms with Crippen molar-refractivity contribution in [2.24, 2.45) is 0 Å². The first kappa shape index (κ1) is 13.6. The fraction of sp³-hybridized carbons (Fsp3) is 0.0588. The van der Waals surface area contributed by atoms with Crippen LogP contribution in [0.5, 0.6) is 0 Å². The van der Waals surface area contributed by atoms with Crippen molar-refractivity contribution in [2.45, 2.75) is 6.92 Å². The van der Waals surface area contributed by atoms with Gasteiger partial charge >= 0.3 is 0 Å². The summed E-state index contributed by atoms with van der Waals surface area (Å²) in [6.07, 6.45) is 3.31. The number of hydrogen-bond acceptors (Lipinski definition) is 2. The number of Topliss-reactive ketones (excluding diaryl/α,β-unsaturated/α-hetero) is 1. The quantitative estimate of drug-likeness (QED) is 0.672. The van der Waals surface area contributed by atoms with Crippen LogP contribution in [0.2, 0.25) is 5.02 Å². The van der Waals surface area contributed by atoms with E-state index < -0.39 is 0 Å². The molecule has 0 fully saturated rings. The molecule has 4 heteroatoms. The zero-order valence-electron chi connectivity index (χ0n) is 11.5. The van der Waals surface area contributed by atoms with E-state index >= 15 is 0 Å². The third-order valence-electron chi connectivity index (χ3n) is 3.28. The van der Waals surface area contributed by atoms with E-state index in [1.54, 1.807) is 17.1 Å². The molecule has 0 atom stereocenters. The average Bonchev–Trinajstić information content (AvgIpc) is 2.97. The number of nitrogens with zero attached hydrogens (tertiary/aromatic N) is 2. The molecule has 0 unspecified atom stereocenters. The Bertz CT molecular complexity index is 791. The molecule has 0 radical (unpaired) electrons. The number of halogens is 1. The standard InChI is InChI=1S/C17H13ClN2O/c1-12(21)15-10-19-20(11-15)17-7-5-13(6-8-17)14-3-2-4-16(18)9-14/h2-11H,1H3. The zero-order valence-corrected chi connectivity index (χ0v) is 12.2. The first-order valence-corrected chi connectivity index (χ1v) is 6.93. The SMILES string of the molecule is CC(=O)c1cnn(-c2ccc(-c3cccc(Cl)c3)cc2)c1. The molecule has 0 aliphatic rings. The Hall–Kier alpha value is -2.39. The van der Waals surface area contributed by atoms with E-state index in [0.29, 0.717) is 5.56 Å². The molecule has 0 bridgehead atoms. The van der Waals surface area contributed by atoms with Crippen molar-refractivity contribution in [3.8, 4) is 16.8 Å². The summed E-state index contributed by atoms with van der Waals surface area (Å²) in [5.41, 5.74) is 3.67. The van der Waals surface area contributed by atoms with Crippen molar-refractivity contribution >= 4 is 17.4 Å². The highest BCUT2D eigenvalue weighted by Crippen LogP contribution is 2.23. The van der Waals surface area contributed by atoms with E-state index in [2.05, 4.69) is 5.10 Å². The predicted molar refractivity (Wildman–Crippen MR) is 84.0 cm³/mol. The molecule has 0 spiro atoms. The van der Waals surface area contributed by atoms with Crippen LogP contribution in [0, 0.1) is 0 Å². The normalized spacial score (nSPS) is 10.6. The van der Waals surface area contributed by atoms with Gasteiger partial charge in [0, 0.05) is 11.2 Å². The lowest BCUT2D eigenvalue weighted by Crippen LogP contribution is -1.94. The minimum Gasteiger partial charge on any atom is -0.294 e. The van der Waals surface area contributed by atoms with Gasteiger partial charge in [0.15, 0.2) is 5.78 Å². The maximum absolute atomic E-state index is 11.3. The van der Waals surface area contributed by atoms with Gasteiger partial charge in [0.2, 0.25) is 0 Å². The average molecular weight is 297 g/mol. The number of rotatable bonds is 3. The number of carbonyl (C=O) groups is 1. The van der Waals surface area contributed by atoms with Crippen LogP contribution in [-0.4, -0.2) is 15.6 Å². The van der Waals surface area contributed by atoms with Gasteiger partial charge in [-0.05, 0) is 42.3 Å². The molecular weight excluding hydrogens is 284 g/mol. The highest BCUT2D eigenvalue weighted by molar-refractivity contribution is 6.30. The molecule has 21 heavy (non-hydrogen) atoms. The molecular formula is C17H13ClN2O. The monoisotopic (exact) mass is 296 g/mol. The lowest BCUT2D eigenvalue weighted by atomic mass is 10.1. The van der Waals surface area contributed by atoms with E-state index in [-0.39, 0.29) is 5.78 Å². The van der Waals surface area contributed by atoms with E-state index in [1.807, 2.05) is 48.5 Å². The number of hydrogen-bond donors (Lipinski definition) is 0. The van der Waals surface area contributed by atoms with E-state index in [4.69, 9.17) is 11.6 Å². The van der Waals surface area contributed by atoms with Crippen LogP contribution in [0.1, 0.15) is 17.3 Å². The van der Waals surface area contributed by atoms with Gasteiger partial charge in [0.1, 0.15) is 0 Å². The van der Waals surface area contributed by atoms with Crippen molar-refractivity contribution < 1.29 is 4.79 Å². The highest BCUT2D eigenvalue weighted by Gasteiger charge is 2.05. The zero-order chi connectivity index (χ0) is 14.8. The first-order chi connectivity index (χ1) is 10.1. The third kappa shape index (κ3) is 2.88. The minimum absolute atomic E-state index is 0.0109. The molecule has 2 aromatic carbocycles. The van der Waals surface area contributed by atoms with Crippen molar-refractivity contribution in [1.82, 2.24) is 9.78 Å². The summed E-state index contributed by atoms with van der Waals surface area (Å²) in [6, 6.07) is 15.7. The van der Waals surface area contributed by atoms with Crippen molar-refractivity contribution in [3.63, 3.8) is 0 Å². The van der Waals surface area contributed by atoms with Gasteiger partial charge in [0.25, 0.3) is 0 Å². The van der Waals surface area contributed by atoms with E-state index in [1.165, 1.54) is 6.92 Å². The topological polar surface area (TPSA) is 34.9 Å². The molecule has 3 aromatic rings. The summed E-state index contributed by atoms with van der Waals surface area (Å²) in [5, 5.41) is 4.92. The van der Waals surface area contributed by atoms with Gasteiger partial charge in [0.05, 0.1) is 17.4 Å². The van der Waals surface area contributed by atoms with Gasteiger partial charge in [-0.3, -0.25) is 4.79 Å². The number of aromatic nitrogens is 2. The molecule has 104 valence electrons. The molecule has 0 aliphatic carbocycles. The lowest BCUT2D eigenvalue weighted by molar-refractivity contribution is 0.101. The molecule has 0 N–H and O–H groups in total. The Balaban J connectivity index is 1.91. The highest BCUT2D eigenvalue weighted by atomic mass is 35.5. The molecule has 1 aromatic heterocycles. The maximum atomic E-state index is 11.3. The van der Waals surface area contributed by atoms with Gasteiger partial charge in [-0.15, -0.1) is 0 Å². The van der Waals surface area contributed by atoms with Crippen molar-refractivity contribution in [1.29, 1.82) is 0 Å². The lowest BCUT2D eigenvalue weighted by Gasteiger charge is -2.05. The predicted octanol–water partition coefficient (Wildman–Crippen LogP) is 4.40. The second-order valence-corrected chi connectivity index (χ2v) is 5.22. The van der Waals surface area contributed by atoms with Gasteiger partial charge in [-0.1, -0.05) is 35.9 Å². The summed E-state index contributed by atoms with van der Waals surface area (Å²) >= 11 is 6.01. The largest absolute Gasteiger partial charge is 0.294 e. The molecule has 0 amide bonds. The van der Waals surface area contributed by atoms with Crippen LogP contribution in [-0.2, 0) is 0 Å². The van der Waals surface area contributed by atoms with Crippen LogP contribution in [0.25, 0.3) is 16.8 Å². The Morgan fingerprint density at radius 2 is 1.86 bits per heavy atom. The molecule has 0 saturated heterocycles. The van der Waals surface area contributed by atoms with Crippen LogP contribution in [0.3, 0.4) is 0 Å². The fourth-order valence-electron chi connectivity index (χ4n) is 2.12. The van der Waals surface area contributed by atoms with Crippen LogP contribution in [0.15, 0.2) is 60.9 Å². The van der Waals surface area contributed by atoms with Crippen LogP contribution < -0.4 is 0 Å². The smallest absolute Gasteiger partial charge is 0.162 e. The summed E-state index contributed by atoms with van der Waals surface area (Å²) in [6.45, 7) is 1.53. The molecule has 0 saturated carbocycles. The third-order valence-corrected chi connectivity index (χ3v) is 3.51. The van der Waals surface area contributed by atoms with Crippen LogP contribution in [0.4, 0.5) is 0 Å². The number of ketones is 1. The van der Waals surface area contributed by atoms with Crippen LogP contribution >= 0.6 is 11.6 Å². The molecule has 3 nitrogen and oxygen atoms in total.